The molecule has 0 aromatic rings. The molecule has 25 nitrogen and oxygen atoms in total. The summed E-state index contributed by atoms with van der Waals surface area (Å²) in [6.45, 7) is 14.7. The summed E-state index contributed by atoms with van der Waals surface area (Å²) in [5, 5.41) is 152. The van der Waals surface area contributed by atoms with Gasteiger partial charge in [-0.1, -0.05) is 46.3 Å². The summed E-state index contributed by atoms with van der Waals surface area (Å²) in [5.41, 5.74) is -1.72. The van der Waals surface area contributed by atoms with Gasteiger partial charge in [0.05, 0.1) is 44.2 Å². The quantitative estimate of drug-likeness (QED) is 0.0320. The molecule has 14 N–H and O–H groups in total. The summed E-state index contributed by atoms with van der Waals surface area (Å²) in [4.78, 5) is 23.3. The number of hydrogen-bond donors (Lipinski definition) is 14. The monoisotopic (exact) mass is 1160 g/mol. The highest BCUT2D eigenvalue weighted by atomic mass is 16.8. The number of fused-ring (bicyclic) bond motifs is 5. The Balaban J connectivity index is 0.998. The van der Waals surface area contributed by atoms with Crippen molar-refractivity contribution in [2.75, 3.05) is 26.4 Å². The number of hydrogen-bond acceptors (Lipinski definition) is 24. The SMILES string of the molecule is CC(C)=CCC[C@](C)(O[C@@H]1O[C@H](CO[C@@H]2OC[C@H](O)[C@H](O)[C@H]2O)[C@@H](O)[C@H](O)[C@H]1O)[C@H]1CC[C@]2(C)[C@@H]1[C@H](O)C[C@@H]1[C@@]3(C)CC[C@H](O[C@@H]4O[C@H](CO)[C@@H](O)[C@H](O)[C@H]4O[C@@H]4O[C@H](CO)[C@@H](OC(=O)CC(=O)O)[C@H](O)[C@H]4O)C(C)(C)[C@@H]3CC[C@]12C. The zero-order chi connectivity index (χ0) is 59.6. The van der Waals surface area contributed by atoms with Crippen molar-refractivity contribution in [2.24, 2.45) is 45.3 Å². The highest BCUT2D eigenvalue weighted by Gasteiger charge is 2.72. The van der Waals surface area contributed by atoms with Gasteiger partial charge < -0.3 is 114 Å². The van der Waals surface area contributed by atoms with E-state index in [9.17, 15) is 76.0 Å². The van der Waals surface area contributed by atoms with Crippen LogP contribution in [-0.4, -0.2) is 244 Å². The third-order valence-electron chi connectivity index (χ3n) is 21.0. The molecule has 25 heteroatoms. The van der Waals surface area contributed by atoms with E-state index in [1.165, 1.54) is 0 Å². The number of allylic oxidation sites excluding steroid dienone is 2. The molecule has 0 bridgehead atoms. The minimum Gasteiger partial charge on any atom is -0.481 e. The molecular weight excluding hydrogens is 1070 g/mol. The molecule has 29 atom stereocenters. The Morgan fingerprint density at radius 2 is 1.23 bits per heavy atom. The summed E-state index contributed by atoms with van der Waals surface area (Å²) < 4.78 is 54.0. The number of esters is 1. The van der Waals surface area contributed by atoms with E-state index in [0.29, 0.717) is 38.5 Å². The smallest absolute Gasteiger partial charge is 0.317 e. The molecule has 4 saturated carbocycles. The van der Waals surface area contributed by atoms with Gasteiger partial charge >= 0.3 is 11.9 Å². The average molecular weight is 1170 g/mol. The standard InChI is InChI=1S/C56H92O25/c1-24(2)10-9-14-56(8,81-50-44(71)40(67)39(66)30(77-50)23-74-48-43(70)37(64)27(60)22-73-48)25-11-16-55(7)36(25)26(59)18-32-53(5)15-13-33(52(3,4)31(53)12-17-54(32,55)6)78-51-47(41(68)38(65)28(20-57)75-51)80-49-45(72)42(69)46(29(21-58)76-49)79-35(63)19-34(61)62/h10,25-33,36-51,57-60,64-72H,9,11-23H2,1-8H3,(H,61,62)/t25-,26+,27-,28+,29+,30+,31-,32+,33-,36-,37-,38+,39+,40-,41-,42+,43+,44+,45+,46+,47+,48-,49-,50-,51-,53-,54+,55+,56-/m0/s1. The molecule has 0 aromatic heterocycles. The number of aliphatic hydroxyl groups is 13. The Bertz CT molecular complexity index is 2180. The third-order valence-corrected chi connectivity index (χ3v) is 21.0. The molecule has 0 radical (unpaired) electrons. The molecule has 8 fully saturated rings. The first kappa shape index (κ1) is 64.8. The van der Waals surface area contributed by atoms with Gasteiger partial charge in [-0.15, -0.1) is 0 Å². The fourth-order valence-electron chi connectivity index (χ4n) is 16.4. The molecule has 0 spiro atoms. The van der Waals surface area contributed by atoms with E-state index in [2.05, 4.69) is 40.7 Å². The van der Waals surface area contributed by atoms with Gasteiger partial charge in [0, 0.05) is 0 Å². The van der Waals surface area contributed by atoms with Gasteiger partial charge in [-0.2, -0.15) is 0 Å². The highest BCUT2D eigenvalue weighted by Crippen LogP contribution is 2.76. The van der Waals surface area contributed by atoms with Gasteiger partial charge in [0.1, 0.15) is 91.9 Å². The molecular formula is C56H92O25. The minimum atomic E-state index is -2.00. The Hall–Kier alpha value is -2.16. The minimum absolute atomic E-state index is 0.00544. The molecule has 0 amide bonds. The van der Waals surface area contributed by atoms with Gasteiger partial charge in [0.15, 0.2) is 31.3 Å². The summed E-state index contributed by atoms with van der Waals surface area (Å²) in [6, 6.07) is 0. The zero-order valence-electron chi connectivity index (χ0n) is 47.7. The van der Waals surface area contributed by atoms with Crippen LogP contribution in [0.15, 0.2) is 11.6 Å². The maximum Gasteiger partial charge on any atom is 0.317 e. The van der Waals surface area contributed by atoms with E-state index in [4.69, 9.17) is 47.7 Å². The second kappa shape index (κ2) is 24.9. The lowest BCUT2D eigenvalue weighted by molar-refractivity contribution is -0.378. The largest absolute Gasteiger partial charge is 0.481 e. The van der Waals surface area contributed by atoms with Crippen LogP contribution in [0.3, 0.4) is 0 Å². The molecule has 0 aromatic carbocycles. The Kier molecular flexibility index (Phi) is 19.9. The van der Waals surface area contributed by atoms with Crippen LogP contribution < -0.4 is 0 Å². The predicted molar refractivity (Wildman–Crippen MR) is 276 cm³/mol. The number of rotatable bonds is 18. The van der Waals surface area contributed by atoms with Crippen LogP contribution in [0, 0.1) is 45.3 Å². The van der Waals surface area contributed by atoms with Crippen molar-refractivity contribution in [2.45, 2.75) is 254 Å². The summed E-state index contributed by atoms with van der Waals surface area (Å²) in [7, 11) is 0. The lowest BCUT2D eigenvalue weighted by atomic mass is 9.35. The van der Waals surface area contributed by atoms with Crippen LogP contribution >= 0.6 is 0 Å². The summed E-state index contributed by atoms with van der Waals surface area (Å²) in [5.74, 6) is -3.34. The molecule has 81 heavy (non-hydrogen) atoms. The maximum atomic E-state index is 12.9. The van der Waals surface area contributed by atoms with Crippen LogP contribution in [0.5, 0.6) is 0 Å². The van der Waals surface area contributed by atoms with Gasteiger partial charge in [0.25, 0.3) is 0 Å². The fraction of sp³-hybridized carbons (Fsp3) is 0.929. The predicted octanol–water partition coefficient (Wildman–Crippen LogP) is -1.54. The Morgan fingerprint density at radius 1 is 0.630 bits per heavy atom. The lowest BCUT2D eigenvalue weighted by Crippen LogP contribution is -2.68. The van der Waals surface area contributed by atoms with Crippen molar-refractivity contribution < 1.29 is 124 Å². The van der Waals surface area contributed by atoms with Crippen molar-refractivity contribution in [3.05, 3.63) is 11.6 Å². The average Bonchev–Trinajstić information content (AvgIpc) is 2.98. The third kappa shape index (κ3) is 12.0. The second-order valence-electron chi connectivity index (χ2n) is 26.3. The van der Waals surface area contributed by atoms with Gasteiger partial charge in [-0.25, -0.2) is 0 Å². The van der Waals surface area contributed by atoms with Crippen LogP contribution in [0.2, 0.25) is 0 Å². The van der Waals surface area contributed by atoms with Crippen molar-refractivity contribution in [3.8, 4) is 0 Å². The van der Waals surface area contributed by atoms with E-state index in [1.54, 1.807) is 0 Å². The van der Waals surface area contributed by atoms with Gasteiger partial charge in [0.2, 0.25) is 0 Å². The second-order valence-corrected chi connectivity index (χ2v) is 26.3. The van der Waals surface area contributed by atoms with Crippen molar-refractivity contribution >= 4 is 11.9 Å². The normalized spacial score (nSPS) is 49.6. The van der Waals surface area contributed by atoms with Gasteiger partial charge in [-0.3, -0.25) is 9.59 Å². The van der Waals surface area contributed by atoms with Crippen molar-refractivity contribution in [1.29, 1.82) is 0 Å². The lowest BCUT2D eigenvalue weighted by Gasteiger charge is -2.71. The van der Waals surface area contributed by atoms with E-state index in [1.807, 2.05) is 20.8 Å². The molecule has 4 aliphatic carbocycles. The topological polar surface area (TPSA) is 400 Å². The molecule has 4 aliphatic heterocycles. The number of carboxylic acid groups (broad SMARTS) is 1. The number of carbonyl (C=O) groups is 2. The molecule has 0 unspecified atom stereocenters. The first-order valence-electron chi connectivity index (χ1n) is 28.8. The Morgan fingerprint density at radius 3 is 1.89 bits per heavy atom. The number of ether oxygens (including phenoxy) is 9. The first-order chi connectivity index (χ1) is 37.9. The number of carboxylic acids is 1. The molecule has 8 aliphatic rings. The maximum absolute atomic E-state index is 12.9. The van der Waals surface area contributed by atoms with Crippen LogP contribution in [0.25, 0.3) is 0 Å². The van der Waals surface area contributed by atoms with Crippen molar-refractivity contribution in [3.63, 3.8) is 0 Å². The number of aliphatic carboxylic acids is 1. The van der Waals surface area contributed by atoms with Crippen LogP contribution in [-0.2, 0) is 52.2 Å². The molecule has 4 saturated heterocycles. The van der Waals surface area contributed by atoms with E-state index in [-0.39, 0.29) is 41.1 Å². The van der Waals surface area contributed by atoms with Gasteiger partial charge in [-0.05, 0) is 124 Å². The van der Waals surface area contributed by atoms with E-state index >= 15 is 0 Å². The summed E-state index contributed by atoms with van der Waals surface area (Å²) in [6.07, 6.45) is -25.6. The zero-order valence-corrected chi connectivity index (χ0v) is 47.7. The Labute approximate surface area is 472 Å². The van der Waals surface area contributed by atoms with E-state index in [0.717, 1.165) is 24.8 Å². The molecule has 466 valence electrons. The number of carbonyl (C=O) groups excluding carboxylic acids is 1. The number of aliphatic hydroxyl groups excluding tert-OH is 13. The van der Waals surface area contributed by atoms with E-state index < -0.39 is 184 Å². The van der Waals surface area contributed by atoms with Crippen LogP contribution in [0.4, 0.5) is 0 Å². The van der Waals surface area contributed by atoms with Crippen molar-refractivity contribution in [1.82, 2.24) is 0 Å². The fourth-order valence-corrected chi connectivity index (χ4v) is 16.4. The van der Waals surface area contributed by atoms with Crippen LogP contribution in [0.1, 0.15) is 120 Å². The summed E-state index contributed by atoms with van der Waals surface area (Å²) >= 11 is 0. The molecule has 4 heterocycles. The highest BCUT2D eigenvalue weighted by molar-refractivity contribution is 5.90. The molecule has 8 rings (SSSR count). The first-order valence-corrected chi connectivity index (χ1v) is 28.8.